The molecule has 0 amide bonds. The zero-order valence-corrected chi connectivity index (χ0v) is 13.4. The third-order valence-electron chi connectivity index (χ3n) is 3.21. The van der Waals surface area contributed by atoms with Crippen molar-refractivity contribution in [1.82, 2.24) is 5.32 Å². The minimum absolute atomic E-state index is 0.301. The van der Waals surface area contributed by atoms with Gasteiger partial charge in [-0.05, 0) is 13.8 Å². The Morgan fingerprint density at radius 3 is 1.44 bits per heavy atom. The highest BCUT2D eigenvalue weighted by Gasteiger charge is 2.51. The first-order valence-corrected chi connectivity index (χ1v) is 7.10. The number of hydrogen-bond donors (Lipinski definition) is 1. The van der Waals surface area contributed by atoms with Gasteiger partial charge in [0.25, 0.3) is 0 Å². The Balaban J connectivity index is 3.62. The maximum atomic E-state index is 13.2. The minimum Gasteiger partial charge on any atom is -0.463 e. The van der Waals surface area contributed by atoms with Crippen LogP contribution in [0, 0.1) is 5.92 Å². The van der Waals surface area contributed by atoms with E-state index in [9.17, 15) is 35.9 Å². The average Bonchev–Trinajstić information content (AvgIpc) is 2.44. The number of ether oxygens (including phenoxy) is 2. The van der Waals surface area contributed by atoms with Crippen LogP contribution in [0.25, 0.3) is 0 Å². The fourth-order valence-corrected chi connectivity index (χ4v) is 2.26. The number of allylic oxidation sites excluding steroid dienone is 2. The molecule has 0 radical (unpaired) electrons. The van der Waals surface area contributed by atoms with Crippen molar-refractivity contribution in [1.29, 1.82) is 0 Å². The molecule has 0 unspecified atom stereocenters. The number of halogens is 6. The minimum atomic E-state index is -5.30. The van der Waals surface area contributed by atoms with Gasteiger partial charge in [-0.15, -0.1) is 0 Å². The molecule has 142 valence electrons. The molecule has 0 spiro atoms. The van der Waals surface area contributed by atoms with Gasteiger partial charge in [0.1, 0.15) is 11.4 Å². The molecule has 1 aliphatic rings. The van der Waals surface area contributed by atoms with Gasteiger partial charge < -0.3 is 14.8 Å². The lowest BCUT2D eigenvalue weighted by atomic mass is 9.86. The summed E-state index contributed by atoms with van der Waals surface area (Å²) in [7, 11) is 0. The summed E-state index contributed by atoms with van der Waals surface area (Å²) in [5, 5.41) is 1.15. The van der Waals surface area contributed by atoms with Gasteiger partial charge in [-0.3, -0.25) is 0 Å². The van der Waals surface area contributed by atoms with Gasteiger partial charge >= 0.3 is 24.3 Å². The van der Waals surface area contributed by atoms with Gasteiger partial charge in [0.15, 0.2) is 0 Å². The van der Waals surface area contributed by atoms with Gasteiger partial charge in [-0.1, -0.05) is 6.92 Å². The molecule has 0 saturated carbocycles. The molecule has 0 aromatic rings. The van der Waals surface area contributed by atoms with Crippen molar-refractivity contribution in [2.75, 3.05) is 13.2 Å². The van der Waals surface area contributed by atoms with E-state index in [0.717, 1.165) is 12.2 Å². The zero-order chi connectivity index (χ0) is 19.6. The molecule has 5 nitrogen and oxygen atoms in total. The van der Waals surface area contributed by atoms with Crippen molar-refractivity contribution < 1.29 is 45.4 Å². The highest BCUT2D eigenvalue weighted by atomic mass is 19.4. The molecule has 1 heterocycles. The molecule has 0 aromatic carbocycles. The summed E-state index contributed by atoms with van der Waals surface area (Å²) in [6, 6.07) is 0. The Labute approximate surface area is 138 Å². The van der Waals surface area contributed by atoms with Crippen LogP contribution in [-0.4, -0.2) is 37.5 Å². The first kappa shape index (κ1) is 20.8. The number of dihydropyridines is 1. The highest BCUT2D eigenvalue weighted by molar-refractivity contribution is 5.98. The summed E-state index contributed by atoms with van der Waals surface area (Å²) in [6.07, 6.45) is -10.6. The van der Waals surface area contributed by atoms with E-state index in [1.54, 1.807) is 0 Å². The van der Waals surface area contributed by atoms with Crippen molar-refractivity contribution in [3.8, 4) is 0 Å². The van der Waals surface area contributed by atoms with E-state index in [2.05, 4.69) is 9.47 Å². The third-order valence-corrected chi connectivity index (χ3v) is 3.21. The Morgan fingerprint density at radius 1 is 0.880 bits per heavy atom. The topological polar surface area (TPSA) is 64.6 Å². The molecule has 0 bridgehead atoms. The molecule has 1 N–H and O–H groups in total. The zero-order valence-electron chi connectivity index (χ0n) is 13.4. The van der Waals surface area contributed by atoms with Crippen LogP contribution >= 0.6 is 0 Å². The van der Waals surface area contributed by atoms with E-state index < -0.39 is 52.7 Å². The van der Waals surface area contributed by atoms with Crippen LogP contribution in [0.5, 0.6) is 0 Å². The van der Waals surface area contributed by atoms with E-state index in [0.29, 0.717) is 0 Å². The van der Waals surface area contributed by atoms with Crippen LogP contribution in [0.1, 0.15) is 20.8 Å². The van der Waals surface area contributed by atoms with Gasteiger partial charge in [0.2, 0.25) is 0 Å². The standard InChI is InChI=1S/C14H15F6NO4/c1-4-24-11(22)7-6(3)8(12(23)25-5-2)10(14(18,19)20)21-9(7)13(15,16)17/h6,21H,4-5H2,1-3H3. The number of nitrogens with one attached hydrogen (secondary N) is 1. The molecule has 0 saturated heterocycles. The van der Waals surface area contributed by atoms with E-state index in [-0.39, 0.29) is 13.2 Å². The molecule has 1 rings (SSSR count). The molecule has 0 aliphatic carbocycles. The Morgan fingerprint density at radius 2 is 1.20 bits per heavy atom. The molecule has 1 aliphatic heterocycles. The Kier molecular flexibility index (Phi) is 6.14. The molecule has 0 atom stereocenters. The first-order chi connectivity index (χ1) is 11.4. The lowest BCUT2D eigenvalue weighted by Gasteiger charge is -2.31. The fraction of sp³-hybridized carbons (Fsp3) is 0.571. The SMILES string of the molecule is CCOC(=O)C1=C(C(F)(F)F)NC(C(F)(F)F)=C(C(=O)OCC)C1C. The number of alkyl halides is 6. The molecule has 25 heavy (non-hydrogen) atoms. The lowest BCUT2D eigenvalue weighted by Crippen LogP contribution is -2.43. The second-order valence-corrected chi connectivity index (χ2v) is 4.86. The predicted molar refractivity (Wildman–Crippen MR) is 71.7 cm³/mol. The van der Waals surface area contributed by atoms with Crippen molar-refractivity contribution in [3.05, 3.63) is 22.5 Å². The maximum absolute atomic E-state index is 13.2. The molecular formula is C14H15F6NO4. The summed E-state index contributed by atoms with van der Waals surface area (Å²) in [5.41, 5.74) is -6.08. The molecule has 11 heteroatoms. The number of carbonyl (C=O) groups excluding carboxylic acids is 2. The van der Waals surface area contributed by atoms with E-state index >= 15 is 0 Å². The van der Waals surface area contributed by atoms with Crippen LogP contribution in [-0.2, 0) is 19.1 Å². The number of rotatable bonds is 4. The van der Waals surface area contributed by atoms with Crippen molar-refractivity contribution in [3.63, 3.8) is 0 Å². The number of carbonyl (C=O) groups is 2. The van der Waals surface area contributed by atoms with E-state index in [4.69, 9.17) is 0 Å². The van der Waals surface area contributed by atoms with E-state index in [1.807, 2.05) is 0 Å². The smallest absolute Gasteiger partial charge is 0.431 e. The van der Waals surface area contributed by atoms with Gasteiger partial charge in [-0.2, -0.15) is 26.3 Å². The number of esters is 2. The summed E-state index contributed by atoms with van der Waals surface area (Å²) in [5.74, 6) is -4.79. The highest BCUT2D eigenvalue weighted by Crippen LogP contribution is 2.42. The second-order valence-electron chi connectivity index (χ2n) is 4.86. The molecule has 0 aromatic heterocycles. The maximum Gasteiger partial charge on any atom is 0.431 e. The molecular weight excluding hydrogens is 360 g/mol. The van der Waals surface area contributed by atoms with Gasteiger partial charge in [0, 0.05) is 5.92 Å². The summed E-state index contributed by atoms with van der Waals surface area (Å²) in [4.78, 5) is 23.7. The van der Waals surface area contributed by atoms with Crippen LogP contribution in [0.2, 0.25) is 0 Å². The van der Waals surface area contributed by atoms with Crippen LogP contribution in [0.3, 0.4) is 0 Å². The normalized spacial score (nSPS) is 16.7. The quantitative estimate of drug-likeness (QED) is 0.605. The summed E-state index contributed by atoms with van der Waals surface area (Å²) >= 11 is 0. The largest absolute Gasteiger partial charge is 0.463 e. The summed E-state index contributed by atoms with van der Waals surface area (Å²) < 4.78 is 88.0. The van der Waals surface area contributed by atoms with Crippen LogP contribution in [0.15, 0.2) is 22.5 Å². The van der Waals surface area contributed by atoms with Gasteiger partial charge in [0.05, 0.1) is 24.4 Å². The Hall–Kier alpha value is -2.20. The first-order valence-electron chi connectivity index (χ1n) is 7.10. The number of hydrogen-bond acceptors (Lipinski definition) is 5. The van der Waals surface area contributed by atoms with Crippen LogP contribution < -0.4 is 5.32 Å². The summed E-state index contributed by atoms with van der Waals surface area (Å²) in [6.45, 7) is 2.90. The van der Waals surface area contributed by atoms with Crippen molar-refractivity contribution in [2.45, 2.75) is 33.1 Å². The predicted octanol–water partition coefficient (Wildman–Crippen LogP) is 2.98. The van der Waals surface area contributed by atoms with Gasteiger partial charge in [-0.25, -0.2) is 9.59 Å². The third kappa shape index (κ3) is 4.45. The van der Waals surface area contributed by atoms with E-state index in [1.165, 1.54) is 13.8 Å². The van der Waals surface area contributed by atoms with Crippen molar-refractivity contribution in [2.24, 2.45) is 5.92 Å². The lowest BCUT2D eigenvalue weighted by molar-refractivity contribution is -0.144. The monoisotopic (exact) mass is 375 g/mol. The average molecular weight is 375 g/mol. The molecule has 0 fully saturated rings. The van der Waals surface area contributed by atoms with Crippen LogP contribution in [0.4, 0.5) is 26.3 Å². The van der Waals surface area contributed by atoms with Crippen molar-refractivity contribution >= 4 is 11.9 Å². The second kappa shape index (κ2) is 7.36. The Bertz CT molecular complexity index is 566. The fourth-order valence-electron chi connectivity index (χ4n) is 2.26.